The molecule has 0 saturated carbocycles. The lowest BCUT2D eigenvalue weighted by molar-refractivity contribution is 0.191. The van der Waals surface area contributed by atoms with E-state index in [-0.39, 0.29) is 6.61 Å². The first kappa shape index (κ1) is 14.5. The van der Waals surface area contributed by atoms with E-state index in [4.69, 9.17) is 0 Å². The fraction of sp³-hybridized carbons (Fsp3) is 0.250. The van der Waals surface area contributed by atoms with Gasteiger partial charge in [0.05, 0.1) is 24.4 Å². The van der Waals surface area contributed by atoms with E-state index in [1.54, 1.807) is 24.1 Å². The van der Waals surface area contributed by atoms with Gasteiger partial charge in [-0.05, 0) is 12.1 Å². The second-order valence-corrected chi connectivity index (χ2v) is 5.19. The first-order chi connectivity index (χ1) is 10.7. The van der Waals surface area contributed by atoms with E-state index in [0.717, 1.165) is 16.5 Å². The number of aliphatic hydroxyl groups is 2. The summed E-state index contributed by atoms with van der Waals surface area (Å²) in [6, 6.07) is 9.63. The highest BCUT2D eigenvalue weighted by Gasteiger charge is 2.12. The van der Waals surface area contributed by atoms with Crippen molar-refractivity contribution in [1.82, 2.24) is 14.8 Å². The van der Waals surface area contributed by atoms with E-state index in [0.29, 0.717) is 17.9 Å². The maximum Gasteiger partial charge on any atom is 0.132 e. The van der Waals surface area contributed by atoms with Gasteiger partial charge in [0.1, 0.15) is 5.82 Å². The van der Waals surface area contributed by atoms with Crippen LogP contribution in [0.25, 0.3) is 10.9 Å². The smallest absolute Gasteiger partial charge is 0.132 e. The number of aromatic nitrogens is 3. The third-order valence-corrected chi connectivity index (χ3v) is 3.55. The maximum atomic E-state index is 10.2. The molecule has 0 spiro atoms. The average Bonchev–Trinajstić information content (AvgIpc) is 2.98. The second-order valence-electron chi connectivity index (χ2n) is 5.19. The van der Waals surface area contributed by atoms with Gasteiger partial charge in [0.2, 0.25) is 0 Å². The molecule has 22 heavy (non-hydrogen) atoms. The van der Waals surface area contributed by atoms with Crippen molar-refractivity contribution in [3.05, 3.63) is 53.9 Å². The third kappa shape index (κ3) is 2.93. The molecule has 6 heteroatoms. The topological polar surface area (TPSA) is 83.2 Å². The van der Waals surface area contributed by atoms with E-state index in [1.807, 2.05) is 30.3 Å². The van der Waals surface area contributed by atoms with Crippen LogP contribution in [0.4, 0.5) is 5.82 Å². The van der Waals surface area contributed by atoms with Crippen LogP contribution in [0.5, 0.6) is 0 Å². The largest absolute Gasteiger partial charge is 0.392 e. The second kappa shape index (κ2) is 6.13. The first-order valence-corrected chi connectivity index (χ1v) is 7.07. The standard InChI is InChI=1S/C16H18N4O2/c1-20-9-13(7-18-20)15(22)8-17-16-12(10-21)6-11-4-2-3-5-14(11)19-16/h2-7,9,15,21-22H,8,10H2,1H3,(H,17,19). The van der Waals surface area contributed by atoms with Gasteiger partial charge in [-0.2, -0.15) is 5.10 Å². The number of benzene rings is 1. The molecule has 3 aromatic rings. The van der Waals surface area contributed by atoms with Gasteiger partial charge in [-0.25, -0.2) is 4.98 Å². The van der Waals surface area contributed by atoms with Crippen molar-refractivity contribution in [3.8, 4) is 0 Å². The Hall–Kier alpha value is -2.44. The number of hydrogen-bond donors (Lipinski definition) is 3. The monoisotopic (exact) mass is 298 g/mol. The molecule has 3 rings (SSSR count). The molecule has 0 aliphatic rings. The minimum atomic E-state index is -0.687. The Labute approximate surface area is 128 Å². The van der Waals surface area contributed by atoms with Gasteiger partial charge in [-0.3, -0.25) is 4.68 Å². The molecule has 0 saturated heterocycles. The molecule has 0 radical (unpaired) electrons. The molecular weight excluding hydrogens is 280 g/mol. The Morgan fingerprint density at radius 2 is 2.14 bits per heavy atom. The predicted molar refractivity (Wildman–Crippen MR) is 84.3 cm³/mol. The van der Waals surface area contributed by atoms with Crippen molar-refractivity contribution in [2.75, 3.05) is 11.9 Å². The number of para-hydroxylation sites is 1. The van der Waals surface area contributed by atoms with Crippen LogP contribution in [0.15, 0.2) is 42.7 Å². The minimum absolute atomic E-state index is 0.108. The van der Waals surface area contributed by atoms with Crippen LogP contribution < -0.4 is 5.32 Å². The molecule has 0 aliphatic heterocycles. The van der Waals surface area contributed by atoms with Crippen molar-refractivity contribution in [2.45, 2.75) is 12.7 Å². The molecule has 1 atom stereocenters. The summed E-state index contributed by atoms with van der Waals surface area (Å²) >= 11 is 0. The summed E-state index contributed by atoms with van der Waals surface area (Å²) in [4.78, 5) is 4.51. The van der Waals surface area contributed by atoms with Crippen molar-refractivity contribution in [3.63, 3.8) is 0 Å². The van der Waals surface area contributed by atoms with Crippen LogP contribution in [0.2, 0.25) is 0 Å². The Bertz CT molecular complexity index is 785. The zero-order chi connectivity index (χ0) is 15.5. The first-order valence-electron chi connectivity index (χ1n) is 7.07. The number of fused-ring (bicyclic) bond motifs is 1. The normalized spacial score (nSPS) is 12.5. The molecule has 114 valence electrons. The molecule has 1 aromatic carbocycles. The van der Waals surface area contributed by atoms with Crippen LogP contribution in [-0.4, -0.2) is 31.5 Å². The molecule has 6 nitrogen and oxygen atoms in total. The molecule has 2 heterocycles. The Kier molecular flexibility index (Phi) is 4.04. The summed E-state index contributed by atoms with van der Waals surface area (Å²) in [5, 5.41) is 27.8. The summed E-state index contributed by atoms with van der Waals surface area (Å²) in [6.07, 6.45) is 2.72. The van der Waals surface area contributed by atoms with Crippen LogP contribution in [0.1, 0.15) is 17.2 Å². The zero-order valence-corrected chi connectivity index (χ0v) is 12.3. The molecule has 0 aliphatic carbocycles. The average molecular weight is 298 g/mol. The lowest BCUT2D eigenvalue weighted by Crippen LogP contribution is -2.14. The van der Waals surface area contributed by atoms with Gasteiger partial charge in [0.25, 0.3) is 0 Å². The fourth-order valence-corrected chi connectivity index (χ4v) is 2.36. The van der Waals surface area contributed by atoms with Gasteiger partial charge in [0, 0.05) is 36.3 Å². The third-order valence-electron chi connectivity index (χ3n) is 3.55. The minimum Gasteiger partial charge on any atom is -0.392 e. The highest BCUT2D eigenvalue weighted by atomic mass is 16.3. The van der Waals surface area contributed by atoms with Crippen molar-refractivity contribution in [1.29, 1.82) is 0 Å². The van der Waals surface area contributed by atoms with Crippen LogP contribution in [-0.2, 0) is 13.7 Å². The van der Waals surface area contributed by atoms with E-state index < -0.39 is 6.10 Å². The van der Waals surface area contributed by atoms with Crippen molar-refractivity contribution in [2.24, 2.45) is 7.05 Å². The van der Waals surface area contributed by atoms with Gasteiger partial charge in [-0.15, -0.1) is 0 Å². The Balaban J connectivity index is 1.80. The van der Waals surface area contributed by atoms with Crippen molar-refractivity contribution >= 4 is 16.7 Å². The summed E-state index contributed by atoms with van der Waals surface area (Å²) in [5.41, 5.74) is 2.29. The SMILES string of the molecule is Cn1cc(C(O)CNc2nc3ccccc3cc2CO)cn1. The van der Waals surface area contributed by atoms with Gasteiger partial charge in [-0.1, -0.05) is 18.2 Å². The lowest BCUT2D eigenvalue weighted by atomic mass is 10.1. The van der Waals surface area contributed by atoms with Gasteiger partial charge < -0.3 is 15.5 Å². The highest BCUT2D eigenvalue weighted by molar-refractivity contribution is 5.81. The van der Waals surface area contributed by atoms with E-state index >= 15 is 0 Å². The number of pyridine rings is 1. The fourth-order valence-electron chi connectivity index (χ4n) is 2.36. The number of aliphatic hydroxyl groups excluding tert-OH is 2. The molecule has 2 aromatic heterocycles. The molecular formula is C16H18N4O2. The Morgan fingerprint density at radius 1 is 1.32 bits per heavy atom. The molecule has 0 bridgehead atoms. The number of nitrogens with one attached hydrogen (secondary N) is 1. The number of hydrogen-bond acceptors (Lipinski definition) is 5. The summed E-state index contributed by atoms with van der Waals surface area (Å²) < 4.78 is 1.64. The van der Waals surface area contributed by atoms with E-state index in [9.17, 15) is 10.2 Å². The summed E-state index contributed by atoms with van der Waals surface area (Å²) in [6.45, 7) is 0.188. The number of anilines is 1. The molecule has 0 fully saturated rings. The van der Waals surface area contributed by atoms with Crippen LogP contribution >= 0.6 is 0 Å². The molecule has 3 N–H and O–H groups in total. The number of rotatable bonds is 5. The predicted octanol–water partition coefficient (Wildman–Crippen LogP) is 1.61. The molecule has 1 unspecified atom stereocenters. The quantitative estimate of drug-likeness (QED) is 0.666. The lowest BCUT2D eigenvalue weighted by Gasteiger charge is -2.14. The van der Waals surface area contributed by atoms with Crippen LogP contribution in [0, 0.1) is 0 Å². The maximum absolute atomic E-state index is 10.2. The molecule has 0 amide bonds. The summed E-state index contributed by atoms with van der Waals surface area (Å²) in [7, 11) is 1.80. The highest BCUT2D eigenvalue weighted by Crippen LogP contribution is 2.21. The number of aryl methyl sites for hydroxylation is 1. The van der Waals surface area contributed by atoms with Crippen molar-refractivity contribution < 1.29 is 10.2 Å². The zero-order valence-electron chi connectivity index (χ0n) is 12.3. The van der Waals surface area contributed by atoms with E-state index in [1.165, 1.54) is 0 Å². The number of nitrogens with zero attached hydrogens (tertiary/aromatic N) is 3. The Morgan fingerprint density at radius 3 is 2.86 bits per heavy atom. The summed E-state index contributed by atoms with van der Waals surface area (Å²) in [5.74, 6) is 0.587. The van der Waals surface area contributed by atoms with Gasteiger partial charge >= 0.3 is 0 Å². The van der Waals surface area contributed by atoms with E-state index in [2.05, 4.69) is 15.4 Å². The van der Waals surface area contributed by atoms with Gasteiger partial charge in [0.15, 0.2) is 0 Å². The van der Waals surface area contributed by atoms with Crippen LogP contribution in [0.3, 0.4) is 0 Å².